The number of esters is 1. The van der Waals surface area contributed by atoms with Crippen molar-refractivity contribution in [1.82, 2.24) is 0 Å². The Kier molecular flexibility index (Phi) is 14.8. The van der Waals surface area contributed by atoms with Gasteiger partial charge in [0.15, 0.2) is 0 Å². The number of hydrogen-bond donors (Lipinski definition) is 0. The first-order valence-corrected chi connectivity index (χ1v) is 11.4. The summed E-state index contributed by atoms with van der Waals surface area (Å²) in [5, 5.41) is 0. The molecule has 0 bridgehead atoms. The van der Waals surface area contributed by atoms with Crippen LogP contribution in [0, 0.1) is 0 Å². The average molecular weight is 375 g/mol. The molecule has 0 N–H and O–H groups in total. The van der Waals surface area contributed by atoms with Crippen LogP contribution in [0.3, 0.4) is 0 Å². The molecule has 0 saturated heterocycles. The lowest BCUT2D eigenvalue weighted by atomic mass is 9.88. The van der Waals surface area contributed by atoms with Gasteiger partial charge >= 0.3 is 5.97 Å². The lowest BCUT2D eigenvalue weighted by molar-refractivity contribution is -0.140. The molecule has 0 amide bonds. The fourth-order valence-corrected chi connectivity index (χ4v) is 3.84. The first kappa shape index (κ1) is 23.7. The summed E-state index contributed by atoms with van der Waals surface area (Å²) in [5.74, 6) is 0.659. The smallest absolute Gasteiger partial charge is 0.305 e. The predicted molar refractivity (Wildman–Crippen MR) is 116 cm³/mol. The highest BCUT2D eigenvalue weighted by Gasteiger charge is 2.11. The van der Waals surface area contributed by atoms with E-state index in [2.05, 4.69) is 42.0 Å². The number of carbonyl (C=O) groups excluding carboxylic acids is 1. The summed E-state index contributed by atoms with van der Waals surface area (Å²) < 4.78 is 4.68. The van der Waals surface area contributed by atoms with Crippen molar-refractivity contribution in [2.24, 2.45) is 0 Å². The minimum absolute atomic E-state index is 0.0737. The predicted octanol–water partition coefficient (Wildman–Crippen LogP) is 7.81. The summed E-state index contributed by atoms with van der Waals surface area (Å²) in [7, 11) is 1.47. The Balaban J connectivity index is 2.18. The van der Waals surface area contributed by atoms with Crippen LogP contribution in [-0.4, -0.2) is 13.1 Å². The van der Waals surface area contributed by atoms with E-state index in [9.17, 15) is 4.79 Å². The summed E-state index contributed by atoms with van der Waals surface area (Å²) in [5.41, 5.74) is 1.53. The second-order valence-electron chi connectivity index (χ2n) is 7.90. The molecule has 0 saturated carbocycles. The van der Waals surface area contributed by atoms with Gasteiger partial charge in [-0.15, -0.1) is 0 Å². The zero-order chi connectivity index (χ0) is 19.6. The molecule has 154 valence electrons. The second kappa shape index (κ2) is 16.8. The van der Waals surface area contributed by atoms with E-state index in [0.29, 0.717) is 6.42 Å². The Bertz CT molecular complexity index is 455. The van der Waals surface area contributed by atoms with Gasteiger partial charge in [-0.3, -0.25) is 4.79 Å². The molecule has 2 heteroatoms. The van der Waals surface area contributed by atoms with Crippen LogP contribution in [0.1, 0.15) is 115 Å². The van der Waals surface area contributed by atoms with E-state index in [1.54, 1.807) is 0 Å². The van der Waals surface area contributed by atoms with Crippen molar-refractivity contribution < 1.29 is 9.53 Å². The van der Waals surface area contributed by atoms with Crippen LogP contribution in [0.4, 0.5) is 0 Å². The minimum Gasteiger partial charge on any atom is -0.469 e. The van der Waals surface area contributed by atoms with Crippen LogP contribution in [-0.2, 0) is 9.53 Å². The van der Waals surface area contributed by atoms with Crippen molar-refractivity contribution in [2.45, 2.75) is 109 Å². The van der Waals surface area contributed by atoms with Gasteiger partial charge in [-0.2, -0.15) is 0 Å². The SMILES string of the molecule is CCCCCCCCC(CCCCCCCCC(=O)OC)c1ccccc1. The molecular formula is C25H42O2. The van der Waals surface area contributed by atoms with Gasteiger partial charge in [-0.1, -0.05) is 108 Å². The van der Waals surface area contributed by atoms with Gasteiger partial charge in [0.25, 0.3) is 0 Å². The van der Waals surface area contributed by atoms with Crippen molar-refractivity contribution in [2.75, 3.05) is 7.11 Å². The number of ether oxygens (including phenoxy) is 1. The largest absolute Gasteiger partial charge is 0.469 e. The van der Waals surface area contributed by atoms with E-state index in [1.165, 1.54) is 89.7 Å². The van der Waals surface area contributed by atoms with E-state index >= 15 is 0 Å². The second-order valence-corrected chi connectivity index (χ2v) is 7.90. The Morgan fingerprint density at radius 3 is 1.85 bits per heavy atom. The molecule has 0 aliphatic rings. The third-order valence-corrected chi connectivity index (χ3v) is 5.59. The van der Waals surface area contributed by atoms with E-state index in [1.807, 2.05) is 0 Å². The van der Waals surface area contributed by atoms with E-state index in [4.69, 9.17) is 0 Å². The number of hydrogen-bond acceptors (Lipinski definition) is 2. The third kappa shape index (κ3) is 12.7. The first-order chi connectivity index (χ1) is 13.3. The number of methoxy groups -OCH3 is 1. The maximum absolute atomic E-state index is 11.1. The quantitative estimate of drug-likeness (QED) is 0.205. The summed E-state index contributed by atoms with van der Waals surface area (Å²) >= 11 is 0. The standard InChI is InChI=1S/C25H42O2/c1-3-4-5-6-9-13-18-23(24-20-15-12-16-21-24)19-14-10-7-8-11-17-22-25(26)27-2/h12,15-16,20-21,23H,3-11,13-14,17-19,22H2,1-2H3. The van der Waals surface area contributed by atoms with Crippen LogP contribution in [0.5, 0.6) is 0 Å². The molecule has 0 aromatic heterocycles. The van der Waals surface area contributed by atoms with Crippen LogP contribution in [0.2, 0.25) is 0 Å². The van der Waals surface area contributed by atoms with Gasteiger partial charge in [0.05, 0.1) is 7.11 Å². The van der Waals surface area contributed by atoms with Gasteiger partial charge in [-0.25, -0.2) is 0 Å². The molecule has 2 nitrogen and oxygen atoms in total. The van der Waals surface area contributed by atoms with Crippen molar-refractivity contribution in [3.05, 3.63) is 35.9 Å². The molecule has 1 unspecified atom stereocenters. The van der Waals surface area contributed by atoms with Gasteiger partial charge in [0.1, 0.15) is 0 Å². The molecule has 1 rings (SSSR count). The zero-order valence-electron chi connectivity index (χ0n) is 17.9. The Labute approximate surface area is 168 Å². The van der Waals surface area contributed by atoms with E-state index in [-0.39, 0.29) is 5.97 Å². The Morgan fingerprint density at radius 2 is 1.30 bits per heavy atom. The first-order valence-electron chi connectivity index (χ1n) is 11.4. The minimum atomic E-state index is -0.0737. The third-order valence-electron chi connectivity index (χ3n) is 5.59. The summed E-state index contributed by atoms with van der Waals surface area (Å²) in [6.45, 7) is 2.28. The maximum atomic E-state index is 11.1. The number of benzene rings is 1. The van der Waals surface area contributed by atoms with E-state index in [0.717, 1.165) is 18.8 Å². The molecule has 1 aromatic carbocycles. The van der Waals surface area contributed by atoms with Gasteiger partial charge in [-0.05, 0) is 30.7 Å². The lowest BCUT2D eigenvalue weighted by Gasteiger charge is -2.17. The highest BCUT2D eigenvalue weighted by atomic mass is 16.5. The van der Waals surface area contributed by atoms with Crippen molar-refractivity contribution in [3.63, 3.8) is 0 Å². The number of unbranched alkanes of at least 4 members (excludes halogenated alkanes) is 10. The molecule has 1 atom stereocenters. The molecule has 0 heterocycles. The monoisotopic (exact) mass is 374 g/mol. The van der Waals surface area contributed by atoms with Crippen LogP contribution in [0.15, 0.2) is 30.3 Å². The molecule has 0 aliphatic carbocycles. The topological polar surface area (TPSA) is 26.3 Å². The average Bonchev–Trinajstić information content (AvgIpc) is 2.71. The van der Waals surface area contributed by atoms with E-state index < -0.39 is 0 Å². The molecule has 27 heavy (non-hydrogen) atoms. The van der Waals surface area contributed by atoms with Crippen LogP contribution < -0.4 is 0 Å². The zero-order valence-corrected chi connectivity index (χ0v) is 17.9. The van der Waals surface area contributed by atoms with Gasteiger partial charge in [0, 0.05) is 6.42 Å². The van der Waals surface area contributed by atoms with Crippen LogP contribution in [0.25, 0.3) is 0 Å². The molecule has 0 fully saturated rings. The molecule has 0 aliphatic heterocycles. The highest BCUT2D eigenvalue weighted by Crippen LogP contribution is 2.28. The summed E-state index contributed by atoms with van der Waals surface area (Å²) in [6.07, 6.45) is 18.8. The molecular weight excluding hydrogens is 332 g/mol. The van der Waals surface area contributed by atoms with Crippen molar-refractivity contribution in [3.8, 4) is 0 Å². The highest BCUT2D eigenvalue weighted by molar-refractivity contribution is 5.68. The summed E-state index contributed by atoms with van der Waals surface area (Å²) in [4.78, 5) is 11.1. The van der Waals surface area contributed by atoms with Gasteiger partial charge < -0.3 is 4.74 Å². The molecule has 0 radical (unpaired) electrons. The number of carbonyl (C=O) groups is 1. The Hall–Kier alpha value is -1.31. The molecule has 1 aromatic rings. The molecule has 0 spiro atoms. The maximum Gasteiger partial charge on any atom is 0.305 e. The van der Waals surface area contributed by atoms with Crippen molar-refractivity contribution in [1.29, 1.82) is 0 Å². The van der Waals surface area contributed by atoms with Gasteiger partial charge in [0.2, 0.25) is 0 Å². The Morgan fingerprint density at radius 1 is 0.778 bits per heavy atom. The summed E-state index contributed by atoms with van der Waals surface area (Å²) in [6, 6.07) is 11.1. The number of rotatable bonds is 17. The van der Waals surface area contributed by atoms with Crippen molar-refractivity contribution >= 4 is 5.97 Å². The van der Waals surface area contributed by atoms with Crippen LogP contribution >= 0.6 is 0 Å². The normalized spacial score (nSPS) is 12.1. The fraction of sp³-hybridized carbons (Fsp3) is 0.720. The lowest BCUT2D eigenvalue weighted by Crippen LogP contribution is -2.00. The fourth-order valence-electron chi connectivity index (χ4n) is 3.84.